The number of carboxylic acids is 1. The van der Waals surface area contributed by atoms with Crippen LogP contribution < -0.4 is 10.1 Å². The molecule has 0 aliphatic rings. The Morgan fingerprint density at radius 2 is 1.21 bits per heavy atom. The van der Waals surface area contributed by atoms with Gasteiger partial charge in [0.25, 0.3) is 25.9 Å². The molecule has 0 atom stereocenters. The zero-order valence-corrected chi connectivity index (χ0v) is 36.3. The van der Waals surface area contributed by atoms with Crippen molar-refractivity contribution in [1.29, 1.82) is 0 Å². The summed E-state index contributed by atoms with van der Waals surface area (Å²) in [5.41, 5.74) is -1.43. The maximum Gasteiger partial charge on any atom is 0.339 e. The lowest BCUT2D eigenvalue weighted by Crippen LogP contribution is -2.00. The summed E-state index contributed by atoms with van der Waals surface area (Å²) in [5, 5.41) is 89.3. The Labute approximate surface area is 380 Å². The molecule has 0 aliphatic heterocycles. The standard InChI is InChI=1S/C41H29ClN8O15S2/c1-18-9-30(34(65-2)16-28(18)45-44-23-5-8-32(51)26(14-23)41(55)56)47-49-38-36(67(62,63)64)13-20-11-22(4-7-25(20)40(38)54)43-21-3-6-24-19(10-21)12-35(66(59,60)61)37(39(24)53)48-46-29-15-27(42)31(50(57)58)17-33(29)52/h3-17,43,51-54H,1-2H3,(H,55,56)(H,59,60,61)(H,62,63,64). The van der Waals surface area contributed by atoms with Crippen molar-refractivity contribution in [1.82, 2.24) is 0 Å². The van der Waals surface area contributed by atoms with Gasteiger partial charge in [0.15, 0.2) is 11.5 Å². The highest BCUT2D eigenvalue weighted by Crippen LogP contribution is 2.46. The summed E-state index contributed by atoms with van der Waals surface area (Å²) < 4.78 is 76.0. The van der Waals surface area contributed by atoms with Crippen LogP contribution in [-0.4, -0.2) is 69.5 Å². The van der Waals surface area contributed by atoms with Crippen molar-refractivity contribution in [2.45, 2.75) is 16.7 Å². The van der Waals surface area contributed by atoms with E-state index in [4.69, 9.17) is 16.3 Å². The van der Waals surface area contributed by atoms with Gasteiger partial charge >= 0.3 is 5.97 Å². The predicted molar refractivity (Wildman–Crippen MR) is 239 cm³/mol. The lowest BCUT2D eigenvalue weighted by atomic mass is 10.1. The number of aromatic hydroxyl groups is 4. The largest absolute Gasteiger partial charge is 0.507 e. The third kappa shape index (κ3) is 9.70. The SMILES string of the molecule is COc1cc(N=Nc2ccc(O)c(C(=O)O)c2)c(C)cc1N=Nc1c(S(=O)(=O)O)cc2cc(Nc3ccc4c(O)c(N=Nc5cc(Cl)c([N+](=O)[O-])cc5O)c(S(=O)(=O)O)cc4c3)ccc2c1O. The quantitative estimate of drug-likeness (QED) is 0.0230. The molecule has 0 heterocycles. The number of aromatic carboxylic acids is 1. The fourth-order valence-corrected chi connectivity index (χ4v) is 8.00. The van der Waals surface area contributed by atoms with E-state index in [1.54, 1.807) is 6.92 Å². The van der Waals surface area contributed by atoms with Crippen LogP contribution in [-0.2, 0) is 20.2 Å². The van der Waals surface area contributed by atoms with Crippen LogP contribution in [0.25, 0.3) is 21.5 Å². The number of halogens is 1. The van der Waals surface area contributed by atoms with Crippen molar-refractivity contribution in [2.24, 2.45) is 30.7 Å². The number of carboxylic acid groups (broad SMARTS) is 1. The molecule has 0 aliphatic carbocycles. The summed E-state index contributed by atoms with van der Waals surface area (Å²) >= 11 is 5.89. The number of rotatable bonds is 13. The number of nitro benzene ring substituents is 1. The van der Waals surface area contributed by atoms with E-state index in [1.165, 1.54) is 61.7 Å². The monoisotopic (exact) mass is 972 g/mol. The fraction of sp³-hybridized carbons (Fsp3) is 0.0488. The van der Waals surface area contributed by atoms with Crippen molar-refractivity contribution in [2.75, 3.05) is 12.4 Å². The summed E-state index contributed by atoms with van der Waals surface area (Å²) in [6.07, 6.45) is 0. The second-order valence-electron chi connectivity index (χ2n) is 14.1. The van der Waals surface area contributed by atoms with Gasteiger partial charge in [0.1, 0.15) is 60.4 Å². The molecule has 23 nitrogen and oxygen atoms in total. The molecule has 0 fully saturated rings. The minimum absolute atomic E-state index is 0.0123. The van der Waals surface area contributed by atoms with Gasteiger partial charge in [0, 0.05) is 28.2 Å². The minimum atomic E-state index is -5.10. The van der Waals surface area contributed by atoms with Gasteiger partial charge in [-0.25, -0.2) is 4.79 Å². The van der Waals surface area contributed by atoms with E-state index in [2.05, 4.69) is 36.0 Å². The van der Waals surface area contributed by atoms with Gasteiger partial charge in [-0.1, -0.05) is 11.6 Å². The summed E-state index contributed by atoms with van der Waals surface area (Å²) in [6, 6.07) is 18.5. The molecule has 0 radical (unpaired) electrons. The van der Waals surface area contributed by atoms with Gasteiger partial charge in [0.05, 0.1) is 29.5 Å². The molecule has 342 valence electrons. The van der Waals surface area contributed by atoms with E-state index in [0.717, 1.165) is 30.3 Å². The van der Waals surface area contributed by atoms with E-state index in [1.807, 2.05) is 0 Å². The van der Waals surface area contributed by atoms with Gasteiger partial charge in [-0.3, -0.25) is 19.2 Å². The highest BCUT2D eigenvalue weighted by Gasteiger charge is 2.25. The van der Waals surface area contributed by atoms with Crippen molar-refractivity contribution >= 4 is 111 Å². The Bertz CT molecular complexity index is 3590. The molecule has 7 aromatic rings. The molecule has 0 saturated heterocycles. The van der Waals surface area contributed by atoms with E-state index in [0.29, 0.717) is 11.6 Å². The minimum Gasteiger partial charge on any atom is -0.507 e. The number of nitrogens with one attached hydrogen (secondary N) is 1. The van der Waals surface area contributed by atoms with Crippen molar-refractivity contribution in [3.05, 3.63) is 117 Å². The zero-order chi connectivity index (χ0) is 48.7. The molecule has 7 rings (SSSR count). The number of aryl methyl sites for hydroxylation is 1. The van der Waals surface area contributed by atoms with Crippen LogP contribution in [0.1, 0.15) is 15.9 Å². The number of methoxy groups -OCH3 is 1. The first-order chi connectivity index (χ1) is 31.5. The number of azo groups is 3. The van der Waals surface area contributed by atoms with Crippen molar-refractivity contribution < 1.29 is 65.9 Å². The van der Waals surface area contributed by atoms with Gasteiger partial charge < -0.3 is 35.6 Å². The van der Waals surface area contributed by atoms with Crippen LogP contribution in [0.5, 0.6) is 28.7 Å². The van der Waals surface area contributed by atoms with E-state index in [9.17, 15) is 66.4 Å². The summed E-state index contributed by atoms with van der Waals surface area (Å²) in [5.74, 6) is -3.96. The summed E-state index contributed by atoms with van der Waals surface area (Å²) in [6.45, 7) is 1.62. The number of anilines is 2. The van der Waals surface area contributed by atoms with Crippen molar-refractivity contribution in [3.8, 4) is 28.7 Å². The first-order valence-electron chi connectivity index (χ1n) is 18.5. The van der Waals surface area contributed by atoms with Crippen LogP contribution in [0.3, 0.4) is 0 Å². The van der Waals surface area contributed by atoms with E-state index >= 15 is 0 Å². The average molecular weight is 973 g/mol. The fourth-order valence-electron chi connectivity index (χ4n) is 6.46. The van der Waals surface area contributed by atoms with E-state index in [-0.39, 0.29) is 61.3 Å². The number of hydrogen-bond donors (Lipinski definition) is 8. The smallest absolute Gasteiger partial charge is 0.339 e. The maximum absolute atomic E-state index is 12.7. The van der Waals surface area contributed by atoms with Gasteiger partial charge in [0.2, 0.25) is 0 Å². The Morgan fingerprint density at radius 3 is 1.72 bits per heavy atom. The van der Waals surface area contributed by atoms with Gasteiger partial charge in [-0.15, -0.1) is 20.5 Å². The molecule has 0 aromatic heterocycles. The summed E-state index contributed by atoms with van der Waals surface area (Å²) in [4.78, 5) is 19.9. The third-order valence-electron chi connectivity index (χ3n) is 9.68. The number of carbonyl (C=O) groups is 1. The molecule has 0 amide bonds. The predicted octanol–water partition coefficient (Wildman–Crippen LogP) is 10.9. The Morgan fingerprint density at radius 1 is 0.672 bits per heavy atom. The van der Waals surface area contributed by atoms with Crippen LogP contribution in [0.15, 0.2) is 131 Å². The number of benzene rings is 7. The molecule has 67 heavy (non-hydrogen) atoms. The Balaban J connectivity index is 1.19. The van der Waals surface area contributed by atoms with Crippen LogP contribution >= 0.6 is 11.6 Å². The lowest BCUT2D eigenvalue weighted by molar-refractivity contribution is -0.384. The number of fused-ring (bicyclic) bond motifs is 2. The first kappa shape index (κ1) is 46.6. The number of hydrogen-bond acceptors (Lipinski definition) is 19. The number of nitro groups is 1. The average Bonchev–Trinajstić information content (AvgIpc) is 3.25. The molecule has 8 N–H and O–H groups in total. The number of ether oxygens (including phenoxy) is 1. The van der Waals surface area contributed by atoms with Crippen LogP contribution in [0, 0.1) is 17.0 Å². The van der Waals surface area contributed by atoms with Gasteiger partial charge in [-0.2, -0.15) is 27.1 Å². The molecular weight excluding hydrogens is 944 g/mol. The van der Waals surface area contributed by atoms with Crippen LogP contribution in [0.4, 0.5) is 51.2 Å². The highest BCUT2D eigenvalue weighted by molar-refractivity contribution is 7.86. The number of phenolic OH excluding ortho intramolecular Hbond substituents is 3. The molecule has 7 aromatic carbocycles. The Hall–Kier alpha value is -8.36. The van der Waals surface area contributed by atoms with Crippen molar-refractivity contribution in [3.63, 3.8) is 0 Å². The van der Waals surface area contributed by atoms with Gasteiger partial charge in [-0.05, 0) is 102 Å². The molecular formula is C41H29ClN8O15S2. The van der Waals surface area contributed by atoms with Crippen LogP contribution in [0.2, 0.25) is 5.02 Å². The summed E-state index contributed by atoms with van der Waals surface area (Å²) in [7, 11) is -8.88. The third-order valence-corrected chi connectivity index (χ3v) is 11.7. The second kappa shape index (κ2) is 17.9. The maximum atomic E-state index is 12.7. The highest BCUT2D eigenvalue weighted by atomic mass is 35.5. The number of phenols is 4. The first-order valence-corrected chi connectivity index (χ1v) is 21.8. The normalized spacial score (nSPS) is 12.2. The molecule has 0 unspecified atom stereocenters. The molecule has 26 heteroatoms. The Kier molecular flexibility index (Phi) is 12.5. The number of nitrogens with zero attached hydrogens (tertiary/aromatic N) is 7. The topological polar surface area (TPSA) is 366 Å². The lowest BCUT2D eigenvalue weighted by Gasteiger charge is -2.13. The molecule has 0 saturated carbocycles. The molecule has 0 bridgehead atoms. The van der Waals surface area contributed by atoms with E-state index < -0.39 is 91.7 Å². The zero-order valence-electron chi connectivity index (χ0n) is 33.9. The second-order valence-corrected chi connectivity index (χ2v) is 17.2. The molecule has 0 spiro atoms.